The third-order valence-electron chi connectivity index (χ3n) is 5.94. The van der Waals surface area contributed by atoms with Gasteiger partial charge in [-0.2, -0.15) is 5.10 Å². The highest BCUT2D eigenvalue weighted by atomic mass is 19.1. The second kappa shape index (κ2) is 7.14. The Morgan fingerprint density at radius 1 is 1.18 bits per heavy atom. The Balaban J connectivity index is 1.75. The van der Waals surface area contributed by atoms with Gasteiger partial charge in [-0.1, -0.05) is 0 Å². The number of hydrogen-bond donors (Lipinski definition) is 3. The van der Waals surface area contributed by atoms with Crippen molar-refractivity contribution in [2.24, 2.45) is 0 Å². The molecular formula is C24H14F2N4O4. The number of carboxylic acid groups (broad SMARTS) is 1. The van der Waals surface area contributed by atoms with Gasteiger partial charge in [0.05, 0.1) is 46.4 Å². The first-order valence-electron chi connectivity index (χ1n) is 10.2. The van der Waals surface area contributed by atoms with E-state index in [1.54, 1.807) is 12.1 Å². The van der Waals surface area contributed by atoms with Crippen molar-refractivity contribution in [3.05, 3.63) is 88.3 Å². The van der Waals surface area contributed by atoms with Crippen molar-refractivity contribution < 1.29 is 23.1 Å². The molecule has 0 bridgehead atoms. The monoisotopic (exact) mass is 460 g/mol. The molecule has 0 fully saturated rings. The number of H-pyrrole nitrogens is 2. The molecule has 0 aliphatic carbocycles. The molecule has 0 aliphatic rings. The van der Waals surface area contributed by atoms with E-state index in [-0.39, 0.29) is 50.8 Å². The van der Waals surface area contributed by atoms with Gasteiger partial charge in [0.2, 0.25) is 0 Å². The zero-order chi connectivity index (χ0) is 23.6. The van der Waals surface area contributed by atoms with Crippen LogP contribution in [0.25, 0.3) is 43.9 Å². The fraction of sp³-hybridized carbons (Fsp3) is 0.0417. The first kappa shape index (κ1) is 19.9. The van der Waals surface area contributed by atoms with E-state index in [4.69, 9.17) is 4.42 Å². The van der Waals surface area contributed by atoms with E-state index < -0.39 is 23.2 Å². The standard InChI is InChI=1S/C24H14F2N4O4/c25-15-7-17-11(9-28-29-17)6-12(15)10-30-18-8-16(26)13-3-5-34-22(13)20(18)19(21(30)24(32)33)14-2-1-4-27-23(14)31/h1-9H,10H2,(H,27,31)(H,28,29)(H,32,33). The second-order valence-corrected chi connectivity index (χ2v) is 7.84. The number of aromatic carboxylic acids is 1. The predicted octanol–water partition coefficient (Wildman–Crippen LogP) is 4.64. The molecule has 0 unspecified atom stereocenters. The van der Waals surface area contributed by atoms with Gasteiger partial charge in [-0.15, -0.1) is 0 Å². The van der Waals surface area contributed by atoms with Gasteiger partial charge >= 0.3 is 5.97 Å². The number of carbonyl (C=O) groups is 1. The lowest BCUT2D eigenvalue weighted by Gasteiger charge is -2.11. The van der Waals surface area contributed by atoms with Crippen LogP contribution in [0.4, 0.5) is 8.78 Å². The summed E-state index contributed by atoms with van der Waals surface area (Å²) in [5, 5.41) is 17.8. The molecule has 6 rings (SSSR count). The molecule has 0 atom stereocenters. The lowest BCUT2D eigenvalue weighted by atomic mass is 10.0. The van der Waals surface area contributed by atoms with Crippen molar-refractivity contribution >= 4 is 38.7 Å². The summed E-state index contributed by atoms with van der Waals surface area (Å²) < 4.78 is 36.7. The molecule has 6 aromatic rings. The SMILES string of the molecule is O=C(O)c1c(-c2ccc[nH]c2=O)c2c3occc3c(F)cc2n1Cc1cc2cn[nH]c2cc1F. The summed E-state index contributed by atoms with van der Waals surface area (Å²) in [6.07, 6.45) is 4.23. The maximum atomic E-state index is 15.0. The highest BCUT2D eigenvalue weighted by Crippen LogP contribution is 2.40. The molecule has 10 heteroatoms. The van der Waals surface area contributed by atoms with Gasteiger partial charge in [0, 0.05) is 22.7 Å². The molecule has 4 heterocycles. The molecule has 34 heavy (non-hydrogen) atoms. The normalized spacial score (nSPS) is 11.7. The van der Waals surface area contributed by atoms with E-state index in [1.165, 1.54) is 47.5 Å². The molecule has 168 valence electrons. The highest BCUT2D eigenvalue weighted by molar-refractivity contribution is 6.17. The number of nitrogens with zero attached hydrogens (tertiary/aromatic N) is 2. The summed E-state index contributed by atoms with van der Waals surface area (Å²) in [7, 11) is 0. The van der Waals surface area contributed by atoms with Crippen LogP contribution in [0.15, 0.2) is 64.3 Å². The number of rotatable bonds is 4. The Kier molecular flexibility index (Phi) is 4.18. The van der Waals surface area contributed by atoms with E-state index in [0.29, 0.717) is 10.9 Å². The van der Waals surface area contributed by atoms with E-state index in [2.05, 4.69) is 15.2 Å². The van der Waals surface area contributed by atoms with Crippen LogP contribution in [-0.4, -0.2) is 30.8 Å². The molecule has 4 aromatic heterocycles. The number of pyridine rings is 1. The number of hydrogen-bond acceptors (Lipinski definition) is 4. The zero-order valence-electron chi connectivity index (χ0n) is 17.2. The summed E-state index contributed by atoms with van der Waals surface area (Å²) >= 11 is 0. The molecule has 0 amide bonds. The van der Waals surface area contributed by atoms with Crippen molar-refractivity contribution in [1.29, 1.82) is 0 Å². The number of furan rings is 1. The number of carboxylic acids is 1. The number of aromatic amines is 2. The number of fused-ring (bicyclic) bond motifs is 4. The van der Waals surface area contributed by atoms with Gasteiger partial charge in [0.1, 0.15) is 22.9 Å². The van der Waals surface area contributed by atoms with Crippen molar-refractivity contribution in [2.45, 2.75) is 6.54 Å². The molecule has 2 aromatic carbocycles. The maximum absolute atomic E-state index is 15.0. The number of benzene rings is 2. The van der Waals surface area contributed by atoms with Gasteiger partial charge in [0.25, 0.3) is 5.56 Å². The molecular weight excluding hydrogens is 446 g/mol. The summed E-state index contributed by atoms with van der Waals surface area (Å²) in [5.74, 6) is -2.58. The van der Waals surface area contributed by atoms with Crippen LogP contribution in [0.5, 0.6) is 0 Å². The predicted molar refractivity (Wildman–Crippen MR) is 120 cm³/mol. The van der Waals surface area contributed by atoms with Crippen LogP contribution < -0.4 is 5.56 Å². The van der Waals surface area contributed by atoms with Crippen molar-refractivity contribution in [1.82, 2.24) is 19.7 Å². The fourth-order valence-corrected chi connectivity index (χ4v) is 4.48. The second-order valence-electron chi connectivity index (χ2n) is 7.84. The number of halogens is 2. The average Bonchev–Trinajstić information content (AvgIpc) is 3.52. The minimum Gasteiger partial charge on any atom is -0.477 e. The summed E-state index contributed by atoms with van der Waals surface area (Å²) in [6, 6.07) is 8.43. The molecule has 3 N–H and O–H groups in total. The van der Waals surface area contributed by atoms with Gasteiger partial charge in [-0.25, -0.2) is 13.6 Å². The molecule has 8 nitrogen and oxygen atoms in total. The summed E-state index contributed by atoms with van der Waals surface area (Å²) in [4.78, 5) is 27.8. The molecule has 0 spiro atoms. The van der Waals surface area contributed by atoms with Gasteiger partial charge in [0.15, 0.2) is 0 Å². The van der Waals surface area contributed by atoms with Crippen molar-refractivity contribution in [3.8, 4) is 11.1 Å². The molecule has 0 radical (unpaired) electrons. The topological polar surface area (TPSA) is 117 Å². The van der Waals surface area contributed by atoms with Crippen LogP contribution in [0.2, 0.25) is 0 Å². The van der Waals surface area contributed by atoms with Gasteiger partial charge in [-0.3, -0.25) is 9.89 Å². The van der Waals surface area contributed by atoms with Crippen molar-refractivity contribution in [2.75, 3.05) is 0 Å². The first-order chi connectivity index (χ1) is 16.4. The van der Waals surface area contributed by atoms with Gasteiger partial charge in [-0.05, 0) is 36.4 Å². The summed E-state index contributed by atoms with van der Waals surface area (Å²) in [6.45, 7) is -0.235. The van der Waals surface area contributed by atoms with Crippen LogP contribution >= 0.6 is 0 Å². The zero-order valence-corrected chi connectivity index (χ0v) is 17.2. The van der Waals surface area contributed by atoms with Crippen LogP contribution in [0.3, 0.4) is 0 Å². The minimum absolute atomic E-state index is 0.0640. The van der Waals surface area contributed by atoms with E-state index in [1.807, 2.05) is 0 Å². The Hall–Kier alpha value is -4.73. The highest BCUT2D eigenvalue weighted by Gasteiger charge is 2.29. The Morgan fingerprint density at radius 3 is 2.82 bits per heavy atom. The maximum Gasteiger partial charge on any atom is 0.353 e. The third-order valence-corrected chi connectivity index (χ3v) is 5.94. The van der Waals surface area contributed by atoms with E-state index >= 15 is 0 Å². The Labute approximate surface area is 188 Å². The lowest BCUT2D eigenvalue weighted by Crippen LogP contribution is -2.14. The van der Waals surface area contributed by atoms with Gasteiger partial charge < -0.3 is 19.1 Å². The van der Waals surface area contributed by atoms with Crippen LogP contribution in [-0.2, 0) is 6.54 Å². The molecule has 0 aliphatic heterocycles. The smallest absolute Gasteiger partial charge is 0.353 e. The fourth-order valence-electron chi connectivity index (χ4n) is 4.48. The minimum atomic E-state index is -1.36. The largest absolute Gasteiger partial charge is 0.477 e. The average molecular weight is 460 g/mol. The van der Waals surface area contributed by atoms with E-state index in [9.17, 15) is 23.5 Å². The summed E-state index contributed by atoms with van der Waals surface area (Å²) in [5.41, 5.74) is 0.217. The number of nitrogens with one attached hydrogen (secondary N) is 2. The third kappa shape index (κ3) is 2.78. The Morgan fingerprint density at radius 2 is 2.03 bits per heavy atom. The van der Waals surface area contributed by atoms with Crippen LogP contribution in [0.1, 0.15) is 16.1 Å². The van der Waals surface area contributed by atoms with E-state index in [0.717, 1.165) is 0 Å². The Bertz CT molecular complexity index is 1830. The lowest BCUT2D eigenvalue weighted by molar-refractivity contribution is 0.0687. The molecule has 0 saturated carbocycles. The van der Waals surface area contributed by atoms with Crippen molar-refractivity contribution in [3.63, 3.8) is 0 Å². The first-order valence-corrected chi connectivity index (χ1v) is 10.2. The van der Waals surface area contributed by atoms with Crippen LogP contribution in [0, 0.1) is 11.6 Å². The molecule has 0 saturated heterocycles. The number of aromatic nitrogens is 4. The quantitative estimate of drug-likeness (QED) is 0.354.